The molecule has 2 aromatic carbocycles. The number of aromatic amines is 1. The Morgan fingerprint density at radius 3 is 2.65 bits per heavy atom. The largest absolute Gasteiger partial charge is 0.497 e. The topological polar surface area (TPSA) is 63.4 Å². The lowest BCUT2D eigenvalue weighted by atomic mass is 9.91. The third-order valence-electron chi connectivity index (χ3n) is 4.46. The predicted octanol–water partition coefficient (Wildman–Crippen LogP) is 3.46. The van der Waals surface area contributed by atoms with E-state index in [-0.39, 0.29) is 18.4 Å². The summed E-state index contributed by atoms with van der Waals surface area (Å²) in [7, 11) is 1.65. The monoisotopic (exact) mass is 352 g/mol. The van der Waals surface area contributed by atoms with Crippen LogP contribution in [-0.4, -0.2) is 37.8 Å². The van der Waals surface area contributed by atoms with Gasteiger partial charge in [-0.25, -0.2) is 0 Å². The molecular weight excluding hydrogens is 328 g/mol. The molecule has 1 unspecified atom stereocenters. The van der Waals surface area contributed by atoms with Gasteiger partial charge in [-0.2, -0.15) is 0 Å². The van der Waals surface area contributed by atoms with E-state index in [9.17, 15) is 4.79 Å². The Morgan fingerprint density at radius 1 is 1.15 bits per heavy atom. The molecule has 0 saturated carbocycles. The molecule has 1 amide bonds. The van der Waals surface area contributed by atoms with Crippen LogP contribution < -0.4 is 10.1 Å². The summed E-state index contributed by atoms with van der Waals surface area (Å²) in [6.07, 6.45) is 2.02. The van der Waals surface area contributed by atoms with E-state index in [0.29, 0.717) is 13.2 Å². The first-order valence-corrected chi connectivity index (χ1v) is 8.77. The van der Waals surface area contributed by atoms with E-state index in [2.05, 4.69) is 22.4 Å². The van der Waals surface area contributed by atoms with Gasteiger partial charge in [-0.3, -0.25) is 4.79 Å². The minimum atomic E-state index is -0.106. The summed E-state index contributed by atoms with van der Waals surface area (Å²) >= 11 is 0. The van der Waals surface area contributed by atoms with Gasteiger partial charge >= 0.3 is 0 Å². The maximum absolute atomic E-state index is 12.0. The molecule has 5 nitrogen and oxygen atoms in total. The van der Waals surface area contributed by atoms with E-state index in [0.717, 1.165) is 27.8 Å². The summed E-state index contributed by atoms with van der Waals surface area (Å²) < 4.78 is 10.4. The van der Waals surface area contributed by atoms with Crippen molar-refractivity contribution < 1.29 is 14.3 Å². The number of ether oxygens (including phenoxy) is 2. The third kappa shape index (κ3) is 4.06. The van der Waals surface area contributed by atoms with Crippen molar-refractivity contribution in [1.82, 2.24) is 10.3 Å². The molecular formula is C21H24N2O3. The van der Waals surface area contributed by atoms with E-state index in [1.807, 2.05) is 49.5 Å². The van der Waals surface area contributed by atoms with Crippen LogP contribution in [0.25, 0.3) is 10.9 Å². The van der Waals surface area contributed by atoms with Crippen LogP contribution in [0.15, 0.2) is 54.7 Å². The molecule has 1 heterocycles. The maximum atomic E-state index is 12.0. The quantitative estimate of drug-likeness (QED) is 0.653. The zero-order chi connectivity index (χ0) is 18.4. The zero-order valence-corrected chi connectivity index (χ0v) is 15.1. The molecule has 0 radical (unpaired) electrons. The van der Waals surface area contributed by atoms with Crippen LogP contribution in [-0.2, 0) is 9.53 Å². The van der Waals surface area contributed by atoms with Crippen molar-refractivity contribution in [2.75, 3.05) is 26.9 Å². The Morgan fingerprint density at radius 2 is 1.92 bits per heavy atom. The molecule has 1 aromatic heterocycles. The fraction of sp³-hybridized carbons (Fsp3) is 0.286. The highest BCUT2D eigenvalue weighted by molar-refractivity contribution is 5.84. The van der Waals surface area contributed by atoms with E-state index >= 15 is 0 Å². The maximum Gasteiger partial charge on any atom is 0.246 e. The van der Waals surface area contributed by atoms with Crippen molar-refractivity contribution in [2.45, 2.75) is 12.8 Å². The van der Waals surface area contributed by atoms with Crippen LogP contribution in [0.4, 0.5) is 0 Å². The van der Waals surface area contributed by atoms with Gasteiger partial charge in [0.05, 0.1) is 7.11 Å². The van der Waals surface area contributed by atoms with Gasteiger partial charge in [0.1, 0.15) is 12.4 Å². The molecule has 0 saturated heterocycles. The van der Waals surface area contributed by atoms with Crippen molar-refractivity contribution in [1.29, 1.82) is 0 Å². The molecule has 1 atom stereocenters. The van der Waals surface area contributed by atoms with Crippen LogP contribution in [0.1, 0.15) is 24.0 Å². The van der Waals surface area contributed by atoms with Gasteiger partial charge in [0.15, 0.2) is 0 Å². The summed E-state index contributed by atoms with van der Waals surface area (Å²) in [5.74, 6) is 0.736. The summed E-state index contributed by atoms with van der Waals surface area (Å²) in [5, 5.41) is 4.15. The zero-order valence-electron chi connectivity index (χ0n) is 15.1. The molecule has 2 N–H and O–H groups in total. The molecule has 5 heteroatoms. The Hall–Kier alpha value is -2.79. The van der Waals surface area contributed by atoms with Gasteiger partial charge in [0.2, 0.25) is 5.91 Å². The molecule has 3 aromatic rings. The van der Waals surface area contributed by atoms with Crippen LogP contribution >= 0.6 is 0 Å². The molecule has 26 heavy (non-hydrogen) atoms. The van der Waals surface area contributed by atoms with Gasteiger partial charge in [-0.1, -0.05) is 30.3 Å². The molecule has 0 bridgehead atoms. The average molecular weight is 352 g/mol. The second-order valence-corrected chi connectivity index (χ2v) is 6.06. The number of rotatable bonds is 8. The molecule has 136 valence electrons. The number of benzene rings is 2. The second kappa shape index (κ2) is 8.54. The lowest BCUT2D eigenvalue weighted by Gasteiger charge is -2.18. The summed E-state index contributed by atoms with van der Waals surface area (Å²) in [4.78, 5) is 15.3. The lowest BCUT2D eigenvalue weighted by molar-refractivity contribution is -0.125. The van der Waals surface area contributed by atoms with Crippen molar-refractivity contribution >= 4 is 16.8 Å². The van der Waals surface area contributed by atoms with Crippen LogP contribution in [0, 0.1) is 0 Å². The molecule has 0 fully saturated rings. The number of fused-ring (bicyclic) bond motifs is 1. The fourth-order valence-corrected chi connectivity index (χ4v) is 3.09. The summed E-state index contributed by atoms with van der Waals surface area (Å²) in [5.41, 5.74) is 3.36. The van der Waals surface area contributed by atoms with Gasteiger partial charge < -0.3 is 19.8 Å². The number of para-hydroxylation sites is 1. The number of carbonyl (C=O) groups is 1. The van der Waals surface area contributed by atoms with Crippen molar-refractivity contribution in [3.63, 3.8) is 0 Å². The van der Waals surface area contributed by atoms with Crippen LogP contribution in [0.5, 0.6) is 5.75 Å². The highest BCUT2D eigenvalue weighted by atomic mass is 16.5. The number of amides is 1. The smallest absolute Gasteiger partial charge is 0.246 e. The lowest BCUT2D eigenvalue weighted by Crippen LogP contribution is -2.31. The SMILES string of the molecule is CCOCC(=O)NCC(c1ccc(OC)cc1)c1c[nH]c2ccccc12. The Kier molecular flexibility index (Phi) is 5.92. The van der Waals surface area contributed by atoms with Crippen molar-refractivity contribution in [3.8, 4) is 5.75 Å². The Bertz CT molecular complexity index is 855. The number of hydrogen-bond donors (Lipinski definition) is 2. The van der Waals surface area contributed by atoms with Crippen LogP contribution in [0.2, 0.25) is 0 Å². The Labute approximate surface area is 153 Å². The van der Waals surface area contributed by atoms with E-state index < -0.39 is 0 Å². The number of hydrogen-bond acceptors (Lipinski definition) is 3. The first-order chi connectivity index (χ1) is 12.7. The highest BCUT2D eigenvalue weighted by Crippen LogP contribution is 2.31. The fourth-order valence-electron chi connectivity index (χ4n) is 3.09. The molecule has 3 rings (SSSR count). The minimum absolute atomic E-state index is 0.0302. The van der Waals surface area contributed by atoms with Gasteiger partial charge in [-0.15, -0.1) is 0 Å². The second-order valence-electron chi connectivity index (χ2n) is 6.06. The molecule has 0 spiro atoms. The molecule has 0 aliphatic rings. The van der Waals surface area contributed by atoms with Crippen molar-refractivity contribution in [3.05, 3.63) is 65.9 Å². The predicted molar refractivity (Wildman–Crippen MR) is 103 cm³/mol. The number of aromatic nitrogens is 1. The van der Waals surface area contributed by atoms with E-state index in [1.165, 1.54) is 0 Å². The normalized spacial score (nSPS) is 12.1. The molecule has 0 aliphatic carbocycles. The van der Waals surface area contributed by atoms with Gasteiger partial charge in [-0.05, 0) is 36.2 Å². The Balaban J connectivity index is 1.89. The van der Waals surface area contributed by atoms with Gasteiger partial charge in [0, 0.05) is 36.2 Å². The highest BCUT2D eigenvalue weighted by Gasteiger charge is 2.19. The van der Waals surface area contributed by atoms with E-state index in [1.54, 1.807) is 7.11 Å². The van der Waals surface area contributed by atoms with Crippen molar-refractivity contribution in [2.24, 2.45) is 0 Å². The first kappa shape index (κ1) is 18.0. The third-order valence-corrected chi connectivity index (χ3v) is 4.46. The summed E-state index contributed by atoms with van der Waals surface area (Å²) in [6.45, 7) is 2.98. The number of nitrogens with one attached hydrogen (secondary N) is 2. The van der Waals surface area contributed by atoms with Gasteiger partial charge in [0.25, 0.3) is 0 Å². The minimum Gasteiger partial charge on any atom is -0.497 e. The summed E-state index contributed by atoms with van der Waals surface area (Å²) in [6, 6.07) is 16.2. The number of methoxy groups -OCH3 is 1. The average Bonchev–Trinajstić information content (AvgIpc) is 3.11. The van der Waals surface area contributed by atoms with E-state index in [4.69, 9.17) is 9.47 Å². The van der Waals surface area contributed by atoms with Crippen LogP contribution in [0.3, 0.4) is 0 Å². The first-order valence-electron chi connectivity index (χ1n) is 8.77. The standard InChI is InChI=1S/C21H24N2O3/c1-3-26-14-21(24)23-12-18(15-8-10-16(25-2)11-9-15)19-13-22-20-7-5-4-6-17(19)20/h4-11,13,18,22H,3,12,14H2,1-2H3,(H,23,24). The number of H-pyrrole nitrogens is 1. The number of carbonyl (C=O) groups excluding carboxylic acids is 1. The molecule has 0 aliphatic heterocycles.